The molecule has 7 heteroatoms. The Morgan fingerprint density at radius 2 is 1.97 bits per heavy atom. The second-order valence-electron chi connectivity index (χ2n) is 6.74. The summed E-state index contributed by atoms with van der Waals surface area (Å²) in [6.07, 6.45) is 3.31. The maximum absolute atomic E-state index is 13.0. The van der Waals surface area contributed by atoms with E-state index in [0.717, 1.165) is 29.9 Å². The zero-order chi connectivity index (χ0) is 20.8. The summed E-state index contributed by atoms with van der Waals surface area (Å²) >= 11 is 1.61. The largest absolute Gasteiger partial charge is 0.494 e. The van der Waals surface area contributed by atoms with E-state index in [0.29, 0.717) is 36.3 Å². The Morgan fingerprint density at radius 1 is 1.21 bits per heavy atom. The Bertz CT molecular complexity index is 1040. The zero-order valence-electron chi connectivity index (χ0n) is 17.1. The third-order valence-electron chi connectivity index (χ3n) is 4.67. The molecular weight excluding hydrogens is 388 g/mol. The highest BCUT2D eigenvalue weighted by Gasteiger charge is 2.13. The maximum Gasteiger partial charge on any atom is 0.337 e. The first-order chi connectivity index (χ1) is 14.1. The number of carbonyl (C=O) groups excluding carboxylic acids is 1. The lowest BCUT2D eigenvalue weighted by atomic mass is 10.2. The van der Waals surface area contributed by atoms with Crippen LogP contribution in [0.2, 0.25) is 0 Å². The summed E-state index contributed by atoms with van der Waals surface area (Å²) in [6, 6.07) is 8.80. The third-order valence-corrected chi connectivity index (χ3v) is 5.85. The number of methoxy groups -OCH3 is 1. The van der Waals surface area contributed by atoms with Crippen molar-refractivity contribution in [2.24, 2.45) is 0 Å². The zero-order valence-corrected chi connectivity index (χ0v) is 17.9. The van der Waals surface area contributed by atoms with Gasteiger partial charge >= 0.3 is 5.97 Å². The fourth-order valence-electron chi connectivity index (χ4n) is 3.14. The number of thiophene rings is 1. The van der Waals surface area contributed by atoms with Crippen molar-refractivity contribution in [3.63, 3.8) is 0 Å². The number of fused-ring (bicyclic) bond motifs is 1. The van der Waals surface area contributed by atoms with Gasteiger partial charge in [-0.3, -0.25) is 9.36 Å². The molecule has 0 aliphatic rings. The number of ether oxygens (including phenoxy) is 2. The summed E-state index contributed by atoms with van der Waals surface area (Å²) in [5.74, 6) is 1.15. The molecule has 0 atom stereocenters. The van der Waals surface area contributed by atoms with Crippen LogP contribution in [0.25, 0.3) is 10.2 Å². The van der Waals surface area contributed by atoms with Gasteiger partial charge in [0.15, 0.2) is 0 Å². The average Bonchev–Trinajstić information content (AvgIpc) is 3.16. The van der Waals surface area contributed by atoms with Gasteiger partial charge < -0.3 is 9.47 Å². The smallest absolute Gasteiger partial charge is 0.337 e. The third kappa shape index (κ3) is 4.85. The molecule has 6 nitrogen and oxygen atoms in total. The summed E-state index contributed by atoms with van der Waals surface area (Å²) in [6.45, 7) is 5.21. The van der Waals surface area contributed by atoms with Gasteiger partial charge in [-0.05, 0) is 49.6 Å². The van der Waals surface area contributed by atoms with Crippen LogP contribution in [0, 0.1) is 0 Å². The molecule has 0 bridgehead atoms. The number of rotatable bonds is 9. The molecule has 154 valence electrons. The van der Waals surface area contributed by atoms with Crippen molar-refractivity contribution in [2.75, 3.05) is 13.7 Å². The first kappa shape index (κ1) is 21.0. The first-order valence-corrected chi connectivity index (χ1v) is 10.7. The summed E-state index contributed by atoms with van der Waals surface area (Å²) in [5, 5.41) is 0.714. The van der Waals surface area contributed by atoms with E-state index in [-0.39, 0.29) is 11.5 Å². The summed E-state index contributed by atoms with van der Waals surface area (Å²) in [5.41, 5.74) is 0.522. The molecule has 0 aliphatic heterocycles. The number of hydrogen-bond donors (Lipinski definition) is 0. The van der Waals surface area contributed by atoms with Gasteiger partial charge in [-0.15, -0.1) is 11.3 Å². The topological polar surface area (TPSA) is 70.4 Å². The van der Waals surface area contributed by atoms with Crippen LogP contribution in [0.4, 0.5) is 0 Å². The Labute approximate surface area is 174 Å². The highest BCUT2D eigenvalue weighted by molar-refractivity contribution is 7.18. The van der Waals surface area contributed by atoms with E-state index in [1.54, 1.807) is 40.2 Å². The van der Waals surface area contributed by atoms with Crippen LogP contribution in [0.15, 0.2) is 35.1 Å². The molecule has 0 amide bonds. The normalized spacial score (nSPS) is 11.0. The first-order valence-electron chi connectivity index (χ1n) is 9.90. The van der Waals surface area contributed by atoms with Crippen LogP contribution in [-0.2, 0) is 24.1 Å². The predicted molar refractivity (Wildman–Crippen MR) is 115 cm³/mol. The van der Waals surface area contributed by atoms with Crippen LogP contribution in [0.1, 0.15) is 47.7 Å². The van der Waals surface area contributed by atoms with Crippen molar-refractivity contribution in [3.05, 3.63) is 57.0 Å². The number of nitrogens with zero attached hydrogens (tertiary/aromatic N) is 2. The van der Waals surface area contributed by atoms with Crippen molar-refractivity contribution in [1.82, 2.24) is 9.55 Å². The molecule has 0 fully saturated rings. The number of carbonyl (C=O) groups is 1. The molecule has 1 aromatic carbocycles. The van der Waals surface area contributed by atoms with Crippen LogP contribution >= 0.6 is 11.3 Å². The lowest BCUT2D eigenvalue weighted by molar-refractivity contribution is 0.0600. The lowest BCUT2D eigenvalue weighted by Crippen LogP contribution is -2.25. The molecule has 0 N–H and O–H groups in total. The second-order valence-corrected chi connectivity index (χ2v) is 7.85. The molecule has 0 saturated carbocycles. The van der Waals surface area contributed by atoms with E-state index < -0.39 is 0 Å². The minimum Gasteiger partial charge on any atom is -0.494 e. The van der Waals surface area contributed by atoms with Gasteiger partial charge in [0, 0.05) is 17.8 Å². The van der Waals surface area contributed by atoms with Gasteiger partial charge in [0.2, 0.25) is 0 Å². The van der Waals surface area contributed by atoms with E-state index in [4.69, 9.17) is 9.72 Å². The molecule has 0 aliphatic carbocycles. The number of aromatic nitrogens is 2. The van der Waals surface area contributed by atoms with Crippen molar-refractivity contribution in [2.45, 2.75) is 46.1 Å². The van der Waals surface area contributed by atoms with E-state index in [1.165, 1.54) is 12.0 Å². The lowest BCUT2D eigenvalue weighted by Gasteiger charge is -2.12. The molecule has 3 rings (SSSR count). The van der Waals surface area contributed by atoms with E-state index in [9.17, 15) is 9.59 Å². The molecule has 2 heterocycles. The summed E-state index contributed by atoms with van der Waals surface area (Å²) in [7, 11) is 1.35. The number of esters is 1. The van der Waals surface area contributed by atoms with Crippen LogP contribution in [-0.4, -0.2) is 29.2 Å². The van der Waals surface area contributed by atoms with Crippen molar-refractivity contribution >= 4 is 27.5 Å². The van der Waals surface area contributed by atoms with Gasteiger partial charge in [0.1, 0.15) is 16.4 Å². The van der Waals surface area contributed by atoms with Gasteiger partial charge in [-0.2, -0.15) is 0 Å². The molecule has 0 spiro atoms. The van der Waals surface area contributed by atoms with Gasteiger partial charge in [0.05, 0.1) is 24.7 Å². The molecule has 0 radical (unpaired) electrons. The average molecular weight is 415 g/mol. The quantitative estimate of drug-likeness (QED) is 0.387. The molecule has 0 saturated heterocycles. The Kier molecular flexibility index (Phi) is 7.04. The number of aryl methyl sites for hydroxylation is 2. The monoisotopic (exact) mass is 414 g/mol. The predicted octanol–water partition coefficient (Wildman–Crippen LogP) is 4.23. The number of benzene rings is 1. The molecular formula is C22H26N2O4S. The molecule has 29 heavy (non-hydrogen) atoms. The van der Waals surface area contributed by atoms with E-state index in [1.807, 2.05) is 6.07 Å². The van der Waals surface area contributed by atoms with Crippen molar-refractivity contribution in [3.8, 4) is 5.75 Å². The van der Waals surface area contributed by atoms with Crippen LogP contribution in [0.5, 0.6) is 5.75 Å². The highest BCUT2D eigenvalue weighted by atomic mass is 32.1. The SMILES string of the molecule is CCCc1nc2sc(CC)cc2c(=O)n1CCCOc1ccc(C(=O)OC)cc1. The Hall–Kier alpha value is -2.67. The fourth-order valence-corrected chi connectivity index (χ4v) is 4.12. The van der Waals surface area contributed by atoms with E-state index in [2.05, 4.69) is 18.6 Å². The fraction of sp³-hybridized carbons (Fsp3) is 0.409. The van der Waals surface area contributed by atoms with E-state index >= 15 is 0 Å². The highest BCUT2D eigenvalue weighted by Crippen LogP contribution is 2.22. The molecule has 2 aromatic heterocycles. The van der Waals surface area contributed by atoms with Crippen molar-refractivity contribution < 1.29 is 14.3 Å². The van der Waals surface area contributed by atoms with Crippen molar-refractivity contribution in [1.29, 1.82) is 0 Å². The van der Waals surface area contributed by atoms with Crippen LogP contribution < -0.4 is 10.3 Å². The van der Waals surface area contributed by atoms with Crippen LogP contribution in [0.3, 0.4) is 0 Å². The summed E-state index contributed by atoms with van der Waals surface area (Å²) < 4.78 is 12.2. The minimum absolute atomic E-state index is 0.0387. The van der Waals surface area contributed by atoms with Gasteiger partial charge in [-0.1, -0.05) is 13.8 Å². The molecule has 3 aromatic rings. The maximum atomic E-state index is 13.0. The number of hydrogen-bond acceptors (Lipinski definition) is 6. The van der Waals surface area contributed by atoms with Gasteiger partial charge in [0.25, 0.3) is 5.56 Å². The second kappa shape index (κ2) is 9.69. The Balaban J connectivity index is 1.68. The van der Waals surface area contributed by atoms with Gasteiger partial charge in [-0.25, -0.2) is 9.78 Å². The standard InChI is InChI=1S/C22H26N2O4S/c1-4-7-19-23-20-18(14-17(5-2)29-20)21(25)24(19)12-6-13-28-16-10-8-15(9-11-16)22(26)27-3/h8-11,14H,4-7,12-13H2,1-3H3. The molecule has 0 unspecified atom stereocenters. The summed E-state index contributed by atoms with van der Waals surface area (Å²) in [4.78, 5) is 31.3. The minimum atomic E-state index is -0.373. The Morgan fingerprint density at radius 3 is 2.62 bits per heavy atom.